The Morgan fingerprint density at radius 2 is 1.79 bits per heavy atom. The zero-order chi connectivity index (χ0) is 16.9. The molecule has 1 amide bonds. The maximum Gasteiger partial charge on any atom is 0.233 e. The first kappa shape index (κ1) is 16.8. The van der Waals surface area contributed by atoms with Crippen molar-refractivity contribution in [1.82, 2.24) is 4.90 Å². The fourth-order valence-electron chi connectivity index (χ4n) is 2.90. The lowest BCUT2D eigenvalue weighted by Crippen LogP contribution is -2.49. The standard InChI is InChI=1S/C19H23N3OS/c1-15-3-4-16(2)18(13-15)24-14-19(23)22-11-9-21(10-12-22)17-5-7-20-8-6-17/h3-8,13H,9-12,14H2,1-2H3/p+1. The predicted molar refractivity (Wildman–Crippen MR) is 98.4 cm³/mol. The van der Waals surface area contributed by atoms with Crippen LogP contribution in [0.5, 0.6) is 0 Å². The lowest BCUT2D eigenvalue weighted by molar-refractivity contribution is -0.377. The van der Waals surface area contributed by atoms with Crippen LogP contribution in [-0.4, -0.2) is 42.7 Å². The summed E-state index contributed by atoms with van der Waals surface area (Å²) in [5.74, 6) is 0.756. The van der Waals surface area contributed by atoms with Gasteiger partial charge in [0.25, 0.3) is 0 Å². The Morgan fingerprint density at radius 3 is 2.50 bits per heavy atom. The summed E-state index contributed by atoms with van der Waals surface area (Å²) < 4.78 is 0. The monoisotopic (exact) mass is 342 g/mol. The van der Waals surface area contributed by atoms with Crippen molar-refractivity contribution in [3.05, 3.63) is 53.9 Å². The number of carbonyl (C=O) groups is 1. The molecule has 4 nitrogen and oxygen atoms in total. The summed E-state index contributed by atoms with van der Waals surface area (Å²) in [5.41, 5.74) is 3.69. The van der Waals surface area contributed by atoms with Gasteiger partial charge in [-0.1, -0.05) is 17.7 Å². The molecule has 2 heterocycles. The van der Waals surface area contributed by atoms with Crippen molar-refractivity contribution in [2.75, 3.05) is 36.8 Å². The number of aromatic amines is 1. The maximum atomic E-state index is 12.5. The molecule has 126 valence electrons. The number of rotatable bonds is 4. The van der Waals surface area contributed by atoms with Crippen LogP contribution in [0.4, 0.5) is 5.69 Å². The first-order valence-electron chi connectivity index (χ1n) is 8.32. The smallest absolute Gasteiger partial charge is 0.233 e. The summed E-state index contributed by atoms with van der Waals surface area (Å²) in [6.07, 6.45) is 3.88. The number of H-pyrrole nitrogens is 1. The van der Waals surface area contributed by atoms with E-state index in [1.54, 1.807) is 11.8 Å². The van der Waals surface area contributed by atoms with Crippen molar-refractivity contribution in [1.29, 1.82) is 0 Å². The normalized spacial score (nSPS) is 14.8. The average molecular weight is 342 g/mol. The fraction of sp³-hybridized carbons (Fsp3) is 0.368. The van der Waals surface area contributed by atoms with Gasteiger partial charge < -0.3 is 9.80 Å². The molecule has 5 heteroatoms. The van der Waals surface area contributed by atoms with E-state index in [0.29, 0.717) is 5.75 Å². The van der Waals surface area contributed by atoms with E-state index < -0.39 is 0 Å². The molecular formula is C19H24N3OS+. The van der Waals surface area contributed by atoms with E-state index in [9.17, 15) is 4.79 Å². The number of aryl methyl sites for hydroxylation is 2. The lowest BCUT2D eigenvalue weighted by Gasteiger charge is -2.35. The Kier molecular flexibility index (Phi) is 5.41. The molecule has 0 atom stereocenters. The van der Waals surface area contributed by atoms with Gasteiger partial charge in [-0.15, -0.1) is 11.8 Å². The second-order valence-corrected chi connectivity index (χ2v) is 7.20. The summed E-state index contributed by atoms with van der Waals surface area (Å²) in [6, 6.07) is 10.6. The van der Waals surface area contributed by atoms with Gasteiger partial charge in [-0.3, -0.25) is 4.79 Å². The van der Waals surface area contributed by atoms with Crippen LogP contribution >= 0.6 is 11.8 Å². The number of pyridine rings is 1. The largest absolute Gasteiger partial charge is 0.368 e. The number of benzene rings is 1. The molecule has 3 rings (SSSR count). The second kappa shape index (κ2) is 7.71. The number of nitrogens with zero attached hydrogens (tertiary/aromatic N) is 2. The molecule has 0 bridgehead atoms. The highest BCUT2D eigenvalue weighted by Gasteiger charge is 2.21. The number of carbonyl (C=O) groups excluding carboxylic acids is 1. The molecule has 0 saturated carbocycles. The number of anilines is 1. The Hall–Kier alpha value is -2.01. The topological polar surface area (TPSA) is 37.7 Å². The summed E-state index contributed by atoms with van der Waals surface area (Å²) in [6.45, 7) is 7.57. The second-order valence-electron chi connectivity index (χ2n) is 6.18. The molecule has 1 N–H and O–H groups in total. The molecule has 24 heavy (non-hydrogen) atoms. The number of aromatic nitrogens is 1. The van der Waals surface area contributed by atoms with Gasteiger partial charge in [-0.05, 0) is 25.5 Å². The third-order valence-electron chi connectivity index (χ3n) is 4.39. The van der Waals surface area contributed by atoms with Crippen molar-refractivity contribution < 1.29 is 9.78 Å². The number of piperazine rings is 1. The van der Waals surface area contributed by atoms with Crippen LogP contribution in [0, 0.1) is 13.8 Å². The number of thioether (sulfide) groups is 1. The van der Waals surface area contributed by atoms with E-state index in [2.05, 4.69) is 54.1 Å². The summed E-state index contributed by atoms with van der Waals surface area (Å²) in [7, 11) is 0. The van der Waals surface area contributed by atoms with Gasteiger partial charge >= 0.3 is 0 Å². The van der Waals surface area contributed by atoms with E-state index in [1.807, 2.05) is 17.3 Å². The van der Waals surface area contributed by atoms with Crippen LogP contribution < -0.4 is 9.88 Å². The average Bonchev–Trinajstić information content (AvgIpc) is 2.63. The third kappa shape index (κ3) is 4.09. The lowest BCUT2D eigenvalue weighted by atomic mass is 10.2. The molecular weight excluding hydrogens is 318 g/mol. The molecule has 1 aromatic carbocycles. The van der Waals surface area contributed by atoms with Crippen molar-refractivity contribution in [2.24, 2.45) is 0 Å². The summed E-state index contributed by atoms with van der Waals surface area (Å²) in [4.78, 5) is 21.1. The predicted octanol–water partition coefficient (Wildman–Crippen LogP) is 2.56. The van der Waals surface area contributed by atoms with E-state index in [-0.39, 0.29) is 5.91 Å². The van der Waals surface area contributed by atoms with Crippen LogP contribution in [0.1, 0.15) is 11.1 Å². The van der Waals surface area contributed by atoms with Crippen LogP contribution in [0.2, 0.25) is 0 Å². The van der Waals surface area contributed by atoms with Gasteiger partial charge in [0.15, 0.2) is 12.4 Å². The molecule has 1 aliphatic rings. The molecule has 0 aliphatic carbocycles. The van der Waals surface area contributed by atoms with Gasteiger partial charge in [0, 0.05) is 48.9 Å². The van der Waals surface area contributed by atoms with Crippen molar-refractivity contribution >= 4 is 23.4 Å². The van der Waals surface area contributed by atoms with Gasteiger partial charge in [0.2, 0.25) is 5.91 Å². The molecule has 0 radical (unpaired) electrons. The Labute approximate surface area is 147 Å². The van der Waals surface area contributed by atoms with Crippen LogP contribution in [0.25, 0.3) is 0 Å². The third-order valence-corrected chi connectivity index (χ3v) is 5.54. The Bertz CT molecular complexity index is 697. The molecule has 1 fully saturated rings. The maximum absolute atomic E-state index is 12.5. The molecule has 1 aliphatic heterocycles. The van der Waals surface area contributed by atoms with Gasteiger partial charge in [0.1, 0.15) is 0 Å². The number of hydrogen-bond acceptors (Lipinski definition) is 3. The summed E-state index contributed by atoms with van der Waals surface area (Å²) >= 11 is 1.65. The minimum absolute atomic E-state index is 0.238. The quantitative estimate of drug-likeness (QED) is 0.802. The zero-order valence-corrected chi connectivity index (χ0v) is 15.1. The van der Waals surface area contributed by atoms with Crippen molar-refractivity contribution in [3.8, 4) is 0 Å². The van der Waals surface area contributed by atoms with E-state index in [4.69, 9.17) is 0 Å². The molecule has 1 saturated heterocycles. The van der Waals surface area contributed by atoms with Crippen molar-refractivity contribution in [2.45, 2.75) is 18.7 Å². The highest BCUT2D eigenvalue weighted by atomic mass is 32.2. The fourth-order valence-corrected chi connectivity index (χ4v) is 3.92. The SMILES string of the molecule is Cc1ccc(C)c(SCC(=O)N2CCN(c3cc[nH+]cc3)CC2)c1. The Morgan fingerprint density at radius 1 is 1.08 bits per heavy atom. The Balaban J connectivity index is 1.51. The highest BCUT2D eigenvalue weighted by molar-refractivity contribution is 8.00. The van der Waals surface area contributed by atoms with Crippen LogP contribution in [-0.2, 0) is 4.79 Å². The number of amides is 1. The highest BCUT2D eigenvalue weighted by Crippen LogP contribution is 2.24. The van der Waals surface area contributed by atoms with Crippen LogP contribution in [0.3, 0.4) is 0 Å². The van der Waals surface area contributed by atoms with E-state index >= 15 is 0 Å². The van der Waals surface area contributed by atoms with Crippen LogP contribution in [0.15, 0.2) is 47.6 Å². The minimum atomic E-state index is 0.238. The minimum Gasteiger partial charge on any atom is -0.368 e. The molecule has 0 spiro atoms. The summed E-state index contributed by atoms with van der Waals surface area (Å²) in [5, 5.41) is 0. The zero-order valence-electron chi connectivity index (χ0n) is 14.3. The molecule has 1 aromatic heterocycles. The van der Waals surface area contributed by atoms with Gasteiger partial charge in [-0.25, -0.2) is 4.98 Å². The molecule has 2 aromatic rings. The first-order chi connectivity index (χ1) is 11.6. The van der Waals surface area contributed by atoms with Gasteiger partial charge in [-0.2, -0.15) is 0 Å². The number of hydrogen-bond donors (Lipinski definition) is 0. The van der Waals surface area contributed by atoms with E-state index in [0.717, 1.165) is 26.2 Å². The van der Waals surface area contributed by atoms with Crippen molar-refractivity contribution in [3.63, 3.8) is 0 Å². The van der Waals surface area contributed by atoms with Gasteiger partial charge in [0.05, 0.1) is 5.75 Å². The molecule has 0 unspecified atom stereocenters. The van der Waals surface area contributed by atoms with E-state index in [1.165, 1.54) is 21.7 Å². The number of nitrogens with one attached hydrogen (secondary N) is 1. The first-order valence-corrected chi connectivity index (χ1v) is 9.31.